The molecule has 160 valence electrons. The highest BCUT2D eigenvalue weighted by Gasteiger charge is 2.32. The smallest absolute Gasteiger partial charge is 0.253 e. The number of likely N-dealkylation sites (tertiary alicyclic amines) is 1. The molecule has 1 N–H and O–H groups in total. The first-order chi connectivity index (χ1) is 14.4. The van der Waals surface area contributed by atoms with Gasteiger partial charge in [-0.05, 0) is 55.2 Å². The van der Waals surface area contributed by atoms with E-state index in [2.05, 4.69) is 4.72 Å². The first-order valence-electron chi connectivity index (χ1n) is 10.0. The quantitative estimate of drug-likeness (QED) is 0.730. The van der Waals surface area contributed by atoms with Crippen molar-refractivity contribution in [3.05, 3.63) is 53.6 Å². The zero-order valence-electron chi connectivity index (χ0n) is 17.1. The maximum absolute atomic E-state index is 13.1. The fraction of sp³-hybridized carbons (Fsp3) is 0.409. The van der Waals surface area contributed by atoms with Crippen molar-refractivity contribution in [3.63, 3.8) is 0 Å². The number of carbonyl (C=O) groups excluding carboxylic acids is 1. The van der Waals surface area contributed by atoms with E-state index in [0.717, 1.165) is 30.6 Å². The molecule has 1 unspecified atom stereocenters. The van der Waals surface area contributed by atoms with Crippen LogP contribution in [0.25, 0.3) is 0 Å². The average molecular weight is 431 g/mol. The number of ether oxygens (including phenoxy) is 2. The summed E-state index contributed by atoms with van der Waals surface area (Å²) in [6, 6.07) is 12.5. The van der Waals surface area contributed by atoms with Crippen LogP contribution in [-0.4, -0.2) is 52.6 Å². The maximum atomic E-state index is 13.1. The molecule has 1 saturated carbocycles. The molecule has 1 saturated heterocycles. The third-order valence-corrected chi connectivity index (χ3v) is 7.20. The minimum Gasteiger partial charge on any atom is -0.497 e. The van der Waals surface area contributed by atoms with E-state index in [1.807, 2.05) is 24.3 Å². The summed E-state index contributed by atoms with van der Waals surface area (Å²) >= 11 is 0. The zero-order valence-corrected chi connectivity index (χ0v) is 17.9. The highest BCUT2D eigenvalue weighted by atomic mass is 32.2. The van der Waals surface area contributed by atoms with Crippen LogP contribution in [0, 0.1) is 0 Å². The van der Waals surface area contributed by atoms with Crippen molar-refractivity contribution in [3.8, 4) is 11.5 Å². The molecule has 1 heterocycles. The van der Waals surface area contributed by atoms with Crippen molar-refractivity contribution in [1.82, 2.24) is 9.62 Å². The summed E-state index contributed by atoms with van der Waals surface area (Å²) in [4.78, 5) is 14.9. The van der Waals surface area contributed by atoms with Gasteiger partial charge in [0, 0.05) is 30.6 Å². The van der Waals surface area contributed by atoms with Crippen LogP contribution >= 0.6 is 0 Å². The van der Waals surface area contributed by atoms with Gasteiger partial charge in [0.1, 0.15) is 16.4 Å². The van der Waals surface area contributed by atoms with E-state index in [4.69, 9.17) is 9.47 Å². The summed E-state index contributed by atoms with van der Waals surface area (Å²) in [7, 11) is -0.680. The molecular weight excluding hydrogens is 404 g/mol. The second-order valence-electron chi connectivity index (χ2n) is 7.77. The Morgan fingerprint density at radius 1 is 1.03 bits per heavy atom. The van der Waals surface area contributed by atoms with Gasteiger partial charge in [0.2, 0.25) is 10.0 Å². The fourth-order valence-electron chi connectivity index (χ4n) is 3.78. The van der Waals surface area contributed by atoms with Gasteiger partial charge < -0.3 is 14.4 Å². The summed E-state index contributed by atoms with van der Waals surface area (Å²) in [6.45, 7) is 1.23. The van der Waals surface area contributed by atoms with Crippen molar-refractivity contribution >= 4 is 15.9 Å². The molecule has 1 amide bonds. The van der Waals surface area contributed by atoms with Crippen molar-refractivity contribution in [2.75, 3.05) is 27.3 Å². The second kappa shape index (κ2) is 8.28. The number of nitrogens with zero attached hydrogens (tertiary/aromatic N) is 1. The van der Waals surface area contributed by atoms with E-state index in [-0.39, 0.29) is 28.5 Å². The number of sulfonamides is 1. The molecule has 8 heteroatoms. The number of carbonyl (C=O) groups is 1. The van der Waals surface area contributed by atoms with Gasteiger partial charge in [-0.2, -0.15) is 0 Å². The molecule has 1 aliphatic carbocycles. The van der Waals surface area contributed by atoms with E-state index in [1.165, 1.54) is 13.2 Å². The Labute approximate surface area is 177 Å². The topological polar surface area (TPSA) is 84.9 Å². The second-order valence-corrected chi connectivity index (χ2v) is 9.45. The minimum absolute atomic E-state index is 0.00801. The lowest BCUT2D eigenvalue weighted by atomic mass is 9.98. The monoisotopic (exact) mass is 430 g/mol. The van der Waals surface area contributed by atoms with Gasteiger partial charge in [0.15, 0.2) is 0 Å². The molecule has 1 atom stereocenters. The van der Waals surface area contributed by atoms with Crippen LogP contribution in [0.4, 0.5) is 0 Å². The third-order valence-electron chi connectivity index (χ3n) is 5.66. The maximum Gasteiger partial charge on any atom is 0.253 e. The molecule has 7 nitrogen and oxygen atoms in total. The molecule has 30 heavy (non-hydrogen) atoms. The Bertz CT molecular complexity index is 1030. The van der Waals surface area contributed by atoms with Crippen molar-refractivity contribution in [2.24, 2.45) is 0 Å². The number of methoxy groups -OCH3 is 2. The summed E-state index contributed by atoms with van der Waals surface area (Å²) in [6.07, 6.45) is 2.53. The fourth-order valence-corrected chi connectivity index (χ4v) is 5.28. The van der Waals surface area contributed by atoms with Crippen LogP contribution < -0.4 is 14.2 Å². The highest BCUT2D eigenvalue weighted by Crippen LogP contribution is 2.32. The molecule has 0 aromatic heterocycles. The standard InChI is InChI=1S/C22H26N2O5S/c1-28-19-8-3-15(4-9-19)17-11-12-24(14-17)22(25)16-5-10-20(29-2)21(13-16)30(26,27)23-18-6-7-18/h3-5,8-10,13,17-18,23H,6-7,11-12,14H2,1-2H3. The molecular formula is C22H26N2O5S. The minimum atomic E-state index is -3.74. The van der Waals surface area contributed by atoms with Crippen LogP contribution in [0.15, 0.2) is 47.4 Å². The van der Waals surface area contributed by atoms with Crippen LogP contribution in [0.5, 0.6) is 11.5 Å². The Morgan fingerprint density at radius 3 is 2.40 bits per heavy atom. The Hall–Kier alpha value is -2.58. The molecule has 2 fully saturated rings. The molecule has 0 bridgehead atoms. The van der Waals surface area contributed by atoms with Crippen LogP contribution in [0.2, 0.25) is 0 Å². The molecule has 2 aromatic rings. The van der Waals surface area contributed by atoms with Crippen molar-refractivity contribution < 1.29 is 22.7 Å². The zero-order chi connectivity index (χ0) is 21.3. The predicted molar refractivity (Wildman–Crippen MR) is 113 cm³/mol. The van der Waals surface area contributed by atoms with E-state index in [0.29, 0.717) is 18.7 Å². The molecule has 2 aliphatic rings. The molecule has 4 rings (SSSR count). The molecule has 2 aromatic carbocycles. The summed E-state index contributed by atoms with van der Waals surface area (Å²) in [5, 5.41) is 0. The molecule has 1 aliphatic heterocycles. The molecule has 0 radical (unpaired) electrons. The SMILES string of the molecule is COc1ccc(C2CCN(C(=O)c3ccc(OC)c(S(=O)(=O)NC4CC4)c3)C2)cc1. The van der Waals surface area contributed by atoms with Crippen LogP contribution in [-0.2, 0) is 10.0 Å². The first-order valence-corrected chi connectivity index (χ1v) is 11.5. The summed E-state index contributed by atoms with van der Waals surface area (Å²) < 4.78 is 38.5. The van der Waals surface area contributed by atoms with Crippen molar-refractivity contribution in [2.45, 2.75) is 36.1 Å². The number of rotatable bonds is 7. The van der Waals surface area contributed by atoms with Gasteiger partial charge in [-0.1, -0.05) is 12.1 Å². The van der Waals surface area contributed by atoms with E-state index >= 15 is 0 Å². The van der Waals surface area contributed by atoms with Crippen LogP contribution in [0.3, 0.4) is 0 Å². The normalized spacial score (nSPS) is 19.0. The largest absolute Gasteiger partial charge is 0.497 e. The van der Waals surface area contributed by atoms with Gasteiger partial charge in [-0.15, -0.1) is 0 Å². The van der Waals surface area contributed by atoms with Gasteiger partial charge >= 0.3 is 0 Å². The Balaban J connectivity index is 1.52. The Morgan fingerprint density at radius 2 is 1.77 bits per heavy atom. The average Bonchev–Trinajstić information content (AvgIpc) is 3.43. The lowest BCUT2D eigenvalue weighted by Gasteiger charge is -2.18. The number of amides is 1. The van der Waals surface area contributed by atoms with Gasteiger partial charge in [0.05, 0.1) is 14.2 Å². The number of hydrogen-bond acceptors (Lipinski definition) is 5. The summed E-state index contributed by atoms with van der Waals surface area (Å²) in [5.74, 6) is 1.11. The number of benzene rings is 2. The Kier molecular flexibility index (Phi) is 5.71. The van der Waals surface area contributed by atoms with E-state index < -0.39 is 10.0 Å². The lowest BCUT2D eigenvalue weighted by Crippen LogP contribution is -2.29. The third kappa shape index (κ3) is 4.29. The molecule has 0 spiro atoms. The van der Waals surface area contributed by atoms with E-state index in [9.17, 15) is 13.2 Å². The lowest BCUT2D eigenvalue weighted by molar-refractivity contribution is 0.0790. The number of nitrogens with one attached hydrogen (secondary N) is 1. The highest BCUT2D eigenvalue weighted by molar-refractivity contribution is 7.89. The summed E-state index contributed by atoms with van der Waals surface area (Å²) in [5.41, 5.74) is 1.51. The van der Waals surface area contributed by atoms with Gasteiger partial charge in [-0.25, -0.2) is 13.1 Å². The van der Waals surface area contributed by atoms with E-state index in [1.54, 1.807) is 24.1 Å². The number of hydrogen-bond donors (Lipinski definition) is 1. The van der Waals surface area contributed by atoms with Crippen LogP contribution in [0.1, 0.15) is 41.1 Å². The predicted octanol–water partition coefficient (Wildman–Crippen LogP) is 2.77. The van der Waals surface area contributed by atoms with Crippen molar-refractivity contribution in [1.29, 1.82) is 0 Å². The van der Waals surface area contributed by atoms with Gasteiger partial charge in [0.25, 0.3) is 5.91 Å². The van der Waals surface area contributed by atoms with Gasteiger partial charge in [-0.3, -0.25) is 4.79 Å². The first kappa shape index (κ1) is 20.7.